The van der Waals surface area contributed by atoms with Gasteiger partial charge in [-0.15, -0.1) is 0 Å². The van der Waals surface area contributed by atoms with Crippen molar-refractivity contribution in [2.24, 2.45) is 0 Å². The molecule has 0 atom stereocenters. The van der Waals surface area contributed by atoms with E-state index in [-0.39, 0.29) is 5.92 Å². The summed E-state index contributed by atoms with van der Waals surface area (Å²) in [5.74, 6) is 1.28. The van der Waals surface area contributed by atoms with Crippen LogP contribution in [0, 0.1) is 0 Å². The van der Waals surface area contributed by atoms with E-state index in [9.17, 15) is 0 Å². The summed E-state index contributed by atoms with van der Waals surface area (Å²) in [5, 5.41) is 9.75. The van der Waals surface area contributed by atoms with Gasteiger partial charge in [0.15, 0.2) is 11.5 Å². The SMILES string of the molecule is CC(C)c1noc(-c2ncn3c2Cc2cn(Cc4ccccc4)nc2-c2cc(Cl)ccc2-3)n1. The van der Waals surface area contributed by atoms with E-state index in [1.807, 2.05) is 54.9 Å². The van der Waals surface area contributed by atoms with Gasteiger partial charge in [0.2, 0.25) is 0 Å². The van der Waals surface area contributed by atoms with Crippen molar-refractivity contribution in [1.29, 1.82) is 0 Å². The first kappa shape index (κ1) is 19.9. The number of rotatable bonds is 4. The van der Waals surface area contributed by atoms with Gasteiger partial charge in [0, 0.05) is 34.7 Å². The zero-order valence-corrected chi connectivity index (χ0v) is 19.0. The molecule has 0 N–H and O–H groups in total. The van der Waals surface area contributed by atoms with Crippen LogP contribution in [-0.2, 0) is 13.0 Å². The van der Waals surface area contributed by atoms with Crippen LogP contribution in [-0.4, -0.2) is 29.5 Å². The standard InChI is InChI=1S/C25H21ClN6O/c1-15(2)24-28-25(33-30-24)23-21-10-17-13-31(12-16-6-4-3-5-7-16)29-22(17)19-11-18(26)8-9-20(19)32(21)14-27-23/h3-9,11,13-15H,10,12H2,1-2H3. The quantitative estimate of drug-likeness (QED) is 0.349. The average Bonchev–Trinajstić information content (AvgIpc) is 3.52. The van der Waals surface area contributed by atoms with Crippen molar-refractivity contribution < 1.29 is 4.52 Å². The van der Waals surface area contributed by atoms with E-state index in [1.54, 1.807) is 6.33 Å². The Hall–Kier alpha value is -3.71. The normalized spacial score (nSPS) is 12.4. The molecular weight excluding hydrogens is 436 g/mol. The molecule has 5 aromatic rings. The summed E-state index contributed by atoms with van der Waals surface area (Å²) >= 11 is 6.40. The van der Waals surface area contributed by atoms with Crippen LogP contribution in [0.25, 0.3) is 28.5 Å². The van der Waals surface area contributed by atoms with Crippen LogP contribution in [0.4, 0.5) is 0 Å². The average molecular weight is 457 g/mol. The third-order valence-electron chi connectivity index (χ3n) is 5.88. The Bertz CT molecular complexity index is 1460. The Morgan fingerprint density at radius 1 is 1.09 bits per heavy atom. The molecule has 0 saturated heterocycles. The molecule has 7 nitrogen and oxygen atoms in total. The molecule has 0 unspecified atom stereocenters. The maximum atomic E-state index is 6.40. The fraction of sp³-hybridized carbons (Fsp3) is 0.200. The first-order valence-electron chi connectivity index (χ1n) is 10.9. The van der Waals surface area contributed by atoms with Crippen molar-refractivity contribution in [3.8, 4) is 28.5 Å². The minimum Gasteiger partial charge on any atom is -0.332 e. The summed E-state index contributed by atoms with van der Waals surface area (Å²) in [6, 6.07) is 16.2. The van der Waals surface area contributed by atoms with E-state index in [1.165, 1.54) is 5.56 Å². The van der Waals surface area contributed by atoms with Gasteiger partial charge in [0.25, 0.3) is 5.89 Å². The number of fused-ring (bicyclic) bond motifs is 5. The van der Waals surface area contributed by atoms with Crippen molar-refractivity contribution in [2.75, 3.05) is 0 Å². The maximum absolute atomic E-state index is 6.40. The lowest BCUT2D eigenvalue weighted by molar-refractivity contribution is 0.418. The van der Waals surface area contributed by atoms with E-state index >= 15 is 0 Å². The third kappa shape index (κ3) is 3.45. The molecule has 0 spiro atoms. The first-order chi connectivity index (χ1) is 16.1. The smallest absolute Gasteiger partial charge is 0.278 e. The van der Waals surface area contributed by atoms with Gasteiger partial charge in [-0.1, -0.05) is 60.9 Å². The lowest BCUT2D eigenvalue weighted by atomic mass is 10.0. The van der Waals surface area contributed by atoms with Crippen LogP contribution >= 0.6 is 11.6 Å². The largest absolute Gasteiger partial charge is 0.332 e. The first-order valence-corrected chi connectivity index (χ1v) is 11.3. The van der Waals surface area contributed by atoms with Gasteiger partial charge < -0.3 is 9.09 Å². The van der Waals surface area contributed by atoms with Crippen molar-refractivity contribution >= 4 is 11.6 Å². The third-order valence-corrected chi connectivity index (χ3v) is 6.12. The van der Waals surface area contributed by atoms with E-state index in [2.05, 4.69) is 38.0 Å². The number of imidazole rings is 1. The number of benzene rings is 2. The van der Waals surface area contributed by atoms with Crippen LogP contribution < -0.4 is 0 Å². The van der Waals surface area contributed by atoms with Gasteiger partial charge in [0.1, 0.15) is 6.33 Å². The van der Waals surface area contributed by atoms with E-state index < -0.39 is 0 Å². The summed E-state index contributed by atoms with van der Waals surface area (Å²) in [5.41, 5.74) is 6.83. The highest BCUT2D eigenvalue weighted by Crippen LogP contribution is 2.38. The molecule has 3 aromatic heterocycles. The monoisotopic (exact) mass is 456 g/mol. The highest BCUT2D eigenvalue weighted by atomic mass is 35.5. The van der Waals surface area contributed by atoms with Crippen molar-refractivity contribution in [2.45, 2.75) is 32.7 Å². The highest BCUT2D eigenvalue weighted by Gasteiger charge is 2.28. The fourth-order valence-corrected chi connectivity index (χ4v) is 4.43. The molecule has 33 heavy (non-hydrogen) atoms. The second kappa shape index (κ2) is 7.71. The zero-order valence-electron chi connectivity index (χ0n) is 18.2. The van der Waals surface area contributed by atoms with Crippen LogP contribution in [0.2, 0.25) is 5.02 Å². The van der Waals surface area contributed by atoms with Gasteiger partial charge in [-0.05, 0) is 23.8 Å². The molecule has 8 heteroatoms. The number of hydrogen-bond donors (Lipinski definition) is 0. The molecule has 4 heterocycles. The molecule has 164 valence electrons. The number of hydrogen-bond acceptors (Lipinski definition) is 5. The molecule has 0 amide bonds. The summed E-state index contributed by atoms with van der Waals surface area (Å²) in [6.07, 6.45) is 4.54. The molecule has 2 aromatic carbocycles. The predicted octanol–water partition coefficient (Wildman–Crippen LogP) is 5.52. The van der Waals surface area contributed by atoms with Crippen LogP contribution in [0.1, 0.15) is 42.4 Å². The molecule has 0 bridgehead atoms. The molecular formula is C25H21ClN6O. The summed E-state index contributed by atoms with van der Waals surface area (Å²) in [6.45, 7) is 4.77. The van der Waals surface area contributed by atoms with Crippen LogP contribution in [0.3, 0.4) is 0 Å². The topological polar surface area (TPSA) is 74.6 Å². The lowest BCUT2D eigenvalue weighted by Gasteiger charge is -2.10. The maximum Gasteiger partial charge on any atom is 0.278 e. The van der Waals surface area contributed by atoms with E-state index in [0.717, 1.165) is 28.2 Å². The van der Waals surface area contributed by atoms with Gasteiger partial charge in [-0.3, -0.25) is 4.68 Å². The van der Waals surface area contributed by atoms with Crippen molar-refractivity contribution in [3.63, 3.8) is 0 Å². The van der Waals surface area contributed by atoms with Crippen molar-refractivity contribution in [1.82, 2.24) is 29.5 Å². The lowest BCUT2D eigenvalue weighted by Crippen LogP contribution is -2.03. The minimum absolute atomic E-state index is 0.175. The second-order valence-corrected chi connectivity index (χ2v) is 8.98. The minimum atomic E-state index is 0.175. The predicted molar refractivity (Wildman–Crippen MR) is 126 cm³/mol. The van der Waals surface area contributed by atoms with Gasteiger partial charge in [-0.2, -0.15) is 10.1 Å². The molecule has 1 aliphatic rings. The number of halogens is 1. The van der Waals surface area contributed by atoms with Crippen LogP contribution in [0.5, 0.6) is 0 Å². The van der Waals surface area contributed by atoms with Crippen molar-refractivity contribution in [3.05, 3.63) is 88.7 Å². The Labute approximate surface area is 195 Å². The number of aromatic nitrogens is 6. The molecule has 0 radical (unpaired) electrons. The molecule has 0 saturated carbocycles. The highest BCUT2D eigenvalue weighted by molar-refractivity contribution is 6.31. The molecule has 0 aliphatic carbocycles. The van der Waals surface area contributed by atoms with E-state index in [0.29, 0.717) is 35.4 Å². The second-order valence-electron chi connectivity index (χ2n) is 8.55. The van der Waals surface area contributed by atoms with E-state index in [4.69, 9.17) is 21.2 Å². The van der Waals surface area contributed by atoms with Gasteiger partial charge in [0.05, 0.1) is 23.6 Å². The summed E-state index contributed by atoms with van der Waals surface area (Å²) < 4.78 is 9.64. The Morgan fingerprint density at radius 2 is 1.94 bits per heavy atom. The van der Waals surface area contributed by atoms with Gasteiger partial charge >= 0.3 is 0 Å². The molecule has 6 rings (SSSR count). The van der Waals surface area contributed by atoms with Crippen LogP contribution in [0.15, 0.2) is 65.6 Å². The van der Waals surface area contributed by atoms with Gasteiger partial charge in [-0.25, -0.2) is 4.98 Å². The Morgan fingerprint density at radius 3 is 2.73 bits per heavy atom. The summed E-state index contributed by atoms with van der Waals surface area (Å²) in [4.78, 5) is 9.24. The summed E-state index contributed by atoms with van der Waals surface area (Å²) in [7, 11) is 0. The molecule has 1 aliphatic heterocycles. The molecule has 0 fully saturated rings. The zero-order chi connectivity index (χ0) is 22.5. The fourth-order valence-electron chi connectivity index (χ4n) is 4.25. The Kier molecular flexibility index (Phi) is 4.66. The number of nitrogens with zero attached hydrogens (tertiary/aromatic N) is 6. The Balaban J connectivity index is 1.50.